The monoisotopic (exact) mass is 482 g/mol. The van der Waals surface area contributed by atoms with Crippen molar-refractivity contribution < 1.29 is 4.74 Å². The maximum Gasteiger partial charge on any atom is 0.0496 e. The van der Waals surface area contributed by atoms with Crippen LogP contribution in [0.25, 0.3) is 0 Å². The molecule has 1 saturated carbocycles. The lowest BCUT2D eigenvalue weighted by atomic mass is 10.3. The summed E-state index contributed by atoms with van der Waals surface area (Å²) in [4.78, 5) is 0. The Morgan fingerprint density at radius 3 is 1.03 bits per heavy atom. The normalized spacial score (nSPS) is 19.4. The minimum absolute atomic E-state index is 0.374. The summed E-state index contributed by atoms with van der Waals surface area (Å²) in [5.41, 5.74) is 0. The van der Waals surface area contributed by atoms with Crippen molar-refractivity contribution in [3.8, 4) is 0 Å². The Labute approximate surface area is 206 Å². The van der Waals surface area contributed by atoms with Gasteiger partial charge in [0.2, 0.25) is 0 Å². The quantitative estimate of drug-likeness (QED) is 0.261. The standard InChI is InChI=1S/C31H32OP2/c1-32-22-29-30(23-33(25-14-6-2-7-15-25)26-16-8-3-9-17-26)31(29)24-34(27-18-10-4-11-19-27)28-20-12-5-13-21-28/h2-21,29-31H,22-24H2,1H3/t29?,30-,31+. The largest absolute Gasteiger partial charge is 0.384 e. The Hall–Kier alpha value is -2.30. The fourth-order valence-corrected chi connectivity index (χ4v) is 10.6. The van der Waals surface area contributed by atoms with Gasteiger partial charge in [0.15, 0.2) is 0 Å². The van der Waals surface area contributed by atoms with Gasteiger partial charge in [0, 0.05) is 13.7 Å². The first-order valence-corrected chi connectivity index (χ1v) is 15.1. The van der Waals surface area contributed by atoms with Crippen LogP contribution in [-0.4, -0.2) is 26.0 Å². The van der Waals surface area contributed by atoms with E-state index in [-0.39, 0.29) is 15.8 Å². The second kappa shape index (κ2) is 11.4. The maximum atomic E-state index is 5.73. The number of benzene rings is 4. The van der Waals surface area contributed by atoms with Gasteiger partial charge >= 0.3 is 0 Å². The van der Waals surface area contributed by atoms with E-state index in [1.165, 1.54) is 33.5 Å². The van der Waals surface area contributed by atoms with Gasteiger partial charge in [-0.2, -0.15) is 0 Å². The molecule has 0 heterocycles. The van der Waals surface area contributed by atoms with Crippen LogP contribution in [0.5, 0.6) is 0 Å². The highest BCUT2D eigenvalue weighted by Crippen LogP contribution is 2.57. The average molecular weight is 483 g/mol. The molecule has 1 aliphatic carbocycles. The number of rotatable bonds is 10. The van der Waals surface area contributed by atoms with Gasteiger partial charge in [0.05, 0.1) is 0 Å². The number of methoxy groups -OCH3 is 1. The summed E-state index contributed by atoms with van der Waals surface area (Å²) in [5.74, 6) is 2.08. The topological polar surface area (TPSA) is 9.23 Å². The smallest absolute Gasteiger partial charge is 0.0496 e. The van der Waals surface area contributed by atoms with Crippen LogP contribution in [0.15, 0.2) is 121 Å². The van der Waals surface area contributed by atoms with Crippen LogP contribution in [0, 0.1) is 17.8 Å². The Bertz CT molecular complexity index is 965. The average Bonchev–Trinajstić information content (AvgIpc) is 3.57. The highest BCUT2D eigenvalue weighted by atomic mass is 31.1. The lowest BCUT2D eigenvalue weighted by Crippen LogP contribution is -2.17. The highest BCUT2D eigenvalue weighted by molar-refractivity contribution is 7.73. The summed E-state index contributed by atoms with van der Waals surface area (Å²) in [7, 11) is 1.11. The molecule has 0 spiro atoms. The van der Waals surface area contributed by atoms with E-state index in [9.17, 15) is 0 Å². The van der Waals surface area contributed by atoms with Crippen molar-refractivity contribution >= 4 is 37.1 Å². The minimum atomic E-state index is -0.374. The molecule has 0 aromatic heterocycles. The van der Waals surface area contributed by atoms with E-state index < -0.39 is 0 Å². The van der Waals surface area contributed by atoms with Crippen molar-refractivity contribution in [2.45, 2.75) is 0 Å². The van der Waals surface area contributed by atoms with Crippen LogP contribution in [0.4, 0.5) is 0 Å². The van der Waals surface area contributed by atoms with E-state index >= 15 is 0 Å². The van der Waals surface area contributed by atoms with Gasteiger partial charge in [0.1, 0.15) is 0 Å². The lowest BCUT2D eigenvalue weighted by molar-refractivity contribution is 0.179. The Balaban J connectivity index is 1.41. The summed E-state index contributed by atoms with van der Waals surface area (Å²) < 4.78 is 5.73. The summed E-state index contributed by atoms with van der Waals surface area (Å²) in [6, 6.07) is 44.6. The molecule has 0 radical (unpaired) electrons. The molecule has 1 aliphatic rings. The lowest BCUT2D eigenvalue weighted by Gasteiger charge is -2.21. The molecule has 1 unspecified atom stereocenters. The first kappa shape index (κ1) is 23.4. The van der Waals surface area contributed by atoms with Gasteiger partial charge in [-0.15, -0.1) is 0 Å². The van der Waals surface area contributed by atoms with Crippen LogP contribution in [0.1, 0.15) is 0 Å². The number of ether oxygens (including phenoxy) is 1. The van der Waals surface area contributed by atoms with Crippen molar-refractivity contribution in [1.82, 2.24) is 0 Å². The molecule has 1 fully saturated rings. The molecule has 3 atom stereocenters. The Kier molecular flexibility index (Phi) is 7.87. The van der Waals surface area contributed by atoms with Gasteiger partial charge in [-0.3, -0.25) is 0 Å². The zero-order chi connectivity index (χ0) is 23.2. The Morgan fingerprint density at radius 2 is 0.765 bits per heavy atom. The van der Waals surface area contributed by atoms with Crippen LogP contribution in [0.3, 0.4) is 0 Å². The van der Waals surface area contributed by atoms with E-state index in [1.54, 1.807) is 0 Å². The molecule has 3 heteroatoms. The molecular weight excluding hydrogens is 450 g/mol. The Morgan fingerprint density at radius 1 is 0.471 bits per heavy atom. The van der Waals surface area contributed by atoms with E-state index in [0.717, 1.165) is 6.61 Å². The minimum Gasteiger partial charge on any atom is -0.384 e. The third kappa shape index (κ3) is 5.50. The molecule has 0 aliphatic heterocycles. The third-order valence-corrected chi connectivity index (χ3v) is 12.2. The molecule has 34 heavy (non-hydrogen) atoms. The molecular formula is C31H32OP2. The molecule has 0 N–H and O–H groups in total. The van der Waals surface area contributed by atoms with Crippen molar-refractivity contribution in [3.63, 3.8) is 0 Å². The predicted octanol–water partition coefficient (Wildman–Crippen LogP) is 5.76. The zero-order valence-electron chi connectivity index (χ0n) is 19.7. The van der Waals surface area contributed by atoms with Crippen LogP contribution < -0.4 is 21.2 Å². The molecule has 172 valence electrons. The van der Waals surface area contributed by atoms with Gasteiger partial charge in [-0.1, -0.05) is 121 Å². The second-order valence-corrected chi connectivity index (χ2v) is 13.5. The maximum absolute atomic E-state index is 5.73. The van der Waals surface area contributed by atoms with E-state index in [2.05, 4.69) is 121 Å². The molecule has 0 amide bonds. The third-order valence-electron chi connectivity index (χ3n) is 6.93. The van der Waals surface area contributed by atoms with Gasteiger partial charge < -0.3 is 4.74 Å². The second-order valence-electron chi connectivity index (χ2n) is 9.01. The summed E-state index contributed by atoms with van der Waals surface area (Å²) in [6.45, 7) is 0.870. The van der Waals surface area contributed by atoms with Crippen LogP contribution in [-0.2, 0) is 4.74 Å². The van der Waals surface area contributed by atoms with Crippen LogP contribution >= 0.6 is 15.8 Å². The van der Waals surface area contributed by atoms with E-state index in [1.807, 2.05) is 7.11 Å². The predicted molar refractivity (Wildman–Crippen MR) is 150 cm³/mol. The van der Waals surface area contributed by atoms with Gasteiger partial charge in [-0.25, -0.2) is 0 Å². The van der Waals surface area contributed by atoms with Gasteiger partial charge in [-0.05, 0) is 67.1 Å². The first-order valence-electron chi connectivity index (χ1n) is 12.1. The van der Waals surface area contributed by atoms with Crippen molar-refractivity contribution in [2.24, 2.45) is 17.8 Å². The summed E-state index contributed by atoms with van der Waals surface area (Å²) >= 11 is 0. The fraction of sp³-hybridized carbons (Fsp3) is 0.226. The molecule has 0 saturated heterocycles. The SMILES string of the molecule is COCC1[C@@H](CP(c2ccccc2)c2ccccc2)[C@H]1CP(c1ccccc1)c1ccccc1. The molecule has 4 aromatic rings. The summed E-state index contributed by atoms with van der Waals surface area (Å²) in [5, 5.41) is 5.94. The van der Waals surface area contributed by atoms with Crippen molar-refractivity contribution in [3.05, 3.63) is 121 Å². The summed E-state index contributed by atoms with van der Waals surface area (Å²) in [6.07, 6.45) is 2.49. The molecule has 5 rings (SSSR count). The van der Waals surface area contributed by atoms with E-state index in [0.29, 0.717) is 17.8 Å². The number of hydrogen-bond donors (Lipinski definition) is 0. The molecule has 4 aromatic carbocycles. The zero-order valence-corrected chi connectivity index (χ0v) is 21.5. The fourth-order valence-electron chi connectivity index (χ4n) is 5.08. The van der Waals surface area contributed by atoms with E-state index in [4.69, 9.17) is 4.74 Å². The van der Waals surface area contributed by atoms with Crippen molar-refractivity contribution in [2.75, 3.05) is 26.0 Å². The molecule has 0 bridgehead atoms. The number of hydrogen-bond acceptors (Lipinski definition) is 1. The first-order chi connectivity index (χ1) is 16.8. The van der Waals surface area contributed by atoms with Gasteiger partial charge in [0.25, 0.3) is 0 Å². The van der Waals surface area contributed by atoms with Crippen LogP contribution in [0.2, 0.25) is 0 Å². The highest BCUT2D eigenvalue weighted by Gasteiger charge is 2.51. The molecule has 1 nitrogen and oxygen atoms in total. The van der Waals surface area contributed by atoms with Crippen molar-refractivity contribution in [1.29, 1.82) is 0 Å².